The van der Waals surface area contributed by atoms with Crippen LogP contribution in [0.25, 0.3) is 0 Å². The van der Waals surface area contributed by atoms with E-state index in [2.05, 4.69) is 11.8 Å². The molecule has 0 aliphatic rings. The largest absolute Gasteiger partial charge is 0.387 e. The molecular weight excluding hydrogens is 150 g/mol. The molecule has 0 aromatic carbocycles. The predicted octanol–water partition coefficient (Wildman–Crippen LogP) is 1.56. The van der Waals surface area contributed by atoms with Gasteiger partial charge >= 0.3 is 0 Å². The van der Waals surface area contributed by atoms with Gasteiger partial charge in [0.25, 0.3) is 0 Å². The van der Waals surface area contributed by atoms with E-state index in [1.165, 1.54) is 0 Å². The van der Waals surface area contributed by atoms with Crippen molar-refractivity contribution in [2.24, 2.45) is 0 Å². The summed E-state index contributed by atoms with van der Waals surface area (Å²) in [5.74, 6) is 5.77. The van der Waals surface area contributed by atoms with Crippen molar-refractivity contribution in [3.63, 3.8) is 0 Å². The molecule has 0 radical (unpaired) electrons. The lowest BCUT2D eigenvalue weighted by atomic mass is 10.3. The van der Waals surface area contributed by atoms with Crippen LogP contribution in [-0.4, -0.2) is 9.67 Å². The average molecular weight is 163 g/mol. The zero-order chi connectivity index (χ0) is 8.97. The number of rotatable bonds is 2. The van der Waals surface area contributed by atoms with Crippen molar-refractivity contribution >= 4 is 0 Å². The molecule has 0 bridgehead atoms. The first-order valence-corrected chi connectivity index (χ1v) is 3.98. The molecule has 1 aromatic rings. The third-order valence-electron chi connectivity index (χ3n) is 1.72. The van der Waals surface area contributed by atoms with Crippen molar-refractivity contribution in [1.29, 1.82) is 0 Å². The quantitative estimate of drug-likeness (QED) is 0.658. The van der Waals surface area contributed by atoms with E-state index in [0.29, 0.717) is 6.54 Å². The summed E-state index contributed by atoms with van der Waals surface area (Å²) in [7, 11) is 0. The molecule has 2 heteroatoms. The third-order valence-corrected chi connectivity index (χ3v) is 1.72. The summed E-state index contributed by atoms with van der Waals surface area (Å²) in [5, 5.41) is 9.32. The highest BCUT2D eigenvalue weighted by Gasteiger charge is 2.04. The Labute approximate surface area is 72.8 Å². The van der Waals surface area contributed by atoms with E-state index in [4.69, 9.17) is 0 Å². The molecule has 0 saturated carbocycles. The van der Waals surface area contributed by atoms with Gasteiger partial charge in [-0.25, -0.2) is 0 Å². The summed E-state index contributed by atoms with van der Waals surface area (Å²) in [6.07, 6.45) is 1.51. The first kappa shape index (κ1) is 8.89. The summed E-state index contributed by atoms with van der Waals surface area (Å²) in [5.41, 5.74) is 0.915. The lowest BCUT2D eigenvalue weighted by Crippen LogP contribution is -2.03. The Morgan fingerprint density at radius 1 is 1.67 bits per heavy atom. The molecule has 0 aliphatic heterocycles. The maximum Gasteiger partial charge on any atom is 0.0912 e. The Morgan fingerprint density at radius 2 is 2.42 bits per heavy atom. The molecule has 1 atom stereocenters. The number of hydrogen-bond acceptors (Lipinski definition) is 1. The highest BCUT2D eigenvalue weighted by atomic mass is 16.3. The van der Waals surface area contributed by atoms with Gasteiger partial charge in [-0.05, 0) is 26.0 Å². The Bertz CT molecular complexity index is 301. The highest BCUT2D eigenvalue weighted by Crippen LogP contribution is 2.11. The molecule has 12 heavy (non-hydrogen) atoms. The van der Waals surface area contributed by atoms with Crippen molar-refractivity contribution < 1.29 is 5.11 Å². The van der Waals surface area contributed by atoms with E-state index in [1.807, 2.05) is 29.8 Å². The van der Waals surface area contributed by atoms with Crippen molar-refractivity contribution in [2.75, 3.05) is 0 Å². The number of aliphatic hydroxyl groups is 1. The Kier molecular flexibility index (Phi) is 2.95. The molecule has 64 valence electrons. The van der Waals surface area contributed by atoms with Crippen LogP contribution < -0.4 is 0 Å². The summed E-state index contributed by atoms with van der Waals surface area (Å²) in [6, 6.07) is 3.82. The van der Waals surface area contributed by atoms with Crippen LogP contribution >= 0.6 is 0 Å². The van der Waals surface area contributed by atoms with E-state index >= 15 is 0 Å². The van der Waals surface area contributed by atoms with E-state index in [0.717, 1.165) is 5.69 Å². The van der Waals surface area contributed by atoms with Gasteiger partial charge in [-0.15, -0.1) is 5.92 Å². The topological polar surface area (TPSA) is 25.2 Å². The fourth-order valence-corrected chi connectivity index (χ4v) is 1.11. The molecule has 1 N–H and O–H groups in total. The normalized spacial score (nSPS) is 11.9. The molecule has 2 nitrogen and oxygen atoms in total. The lowest BCUT2D eigenvalue weighted by Gasteiger charge is -2.07. The zero-order valence-corrected chi connectivity index (χ0v) is 7.41. The fraction of sp³-hybridized carbons (Fsp3) is 0.400. The maximum atomic E-state index is 9.32. The molecule has 0 aliphatic carbocycles. The number of nitrogens with zero attached hydrogens (tertiary/aromatic N) is 1. The van der Waals surface area contributed by atoms with Gasteiger partial charge in [0, 0.05) is 11.9 Å². The van der Waals surface area contributed by atoms with E-state index in [9.17, 15) is 5.11 Å². The monoisotopic (exact) mass is 163 g/mol. The fourth-order valence-electron chi connectivity index (χ4n) is 1.11. The molecule has 0 fully saturated rings. The van der Waals surface area contributed by atoms with Crippen LogP contribution in [0.15, 0.2) is 18.3 Å². The molecule has 0 amide bonds. The lowest BCUT2D eigenvalue weighted by molar-refractivity contribution is 0.190. The van der Waals surface area contributed by atoms with E-state index in [-0.39, 0.29) is 0 Å². The molecule has 0 spiro atoms. The smallest absolute Gasteiger partial charge is 0.0912 e. The van der Waals surface area contributed by atoms with Crippen LogP contribution in [0.3, 0.4) is 0 Å². The van der Waals surface area contributed by atoms with Gasteiger partial charge in [-0.1, -0.05) is 5.92 Å². The summed E-state index contributed by atoms with van der Waals surface area (Å²) >= 11 is 0. The van der Waals surface area contributed by atoms with Crippen LogP contribution in [0.1, 0.15) is 25.6 Å². The van der Waals surface area contributed by atoms with Gasteiger partial charge in [0.05, 0.1) is 12.6 Å². The van der Waals surface area contributed by atoms with E-state index in [1.54, 1.807) is 6.92 Å². The first-order chi connectivity index (χ1) is 5.75. The van der Waals surface area contributed by atoms with Crippen molar-refractivity contribution in [3.8, 4) is 11.8 Å². The third kappa shape index (κ3) is 1.90. The van der Waals surface area contributed by atoms with Crippen LogP contribution in [0.5, 0.6) is 0 Å². The number of aliphatic hydroxyl groups excluding tert-OH is 1. The van der Waals surface area contributed by atoms with Gasteiger partial charge in [0.15, 0.2) is 0 Å². The summed E-state index contributed by atoms with van der Waals surface area (Å²) in [4.78, 5) is 0. The SMILES string of the molecule is CC#CCn1cccc1C(C)O. The second-order valence-electron chi connectivity index (χ2n) is 2.66. The van der Waals surface area contributed by atoms with Crippen molar-refractivity contribution in [3.05, 3.63) is 24.0 Å². The van der Waals surface area contributed by atoms with Gasteiger partial charge in [0.1, 0.15) is 0 Å². The van der Waals surface area contributed by atoms with Gasteiger partial charge < -0.3 is 9.67 Å². The predicted molar refractivity (Wildman–Crippen MR) is 48.5 cm³/mol. The van der Waals surface area contributed by atoms with Gasteiger partial charge in [-0.3, -0.25) is 0 Å². The Hall–Kier alpha value is -1.20. The minimum Gasteiger partial charge on any atom is -0.387 e. The van der Waals surface area contributed by atoms with Crippen LogP contribution in [-0.2, 0) is 6.54 Å². The summed E-state index contributed by atoms with van der Waals surface area (Å²) < 4.78 is 1.95. The number of aromatic nitrogens is 1. The van der Waals surface area contributed by atoms with Gasteiger partial charge in [-0.2, -0.15) is 0 Å². The number of hydrogen-bond donors (Lipinski definition) is 1. The summed E-state index contributed by atoms with van der Waals surface area (Å²) in [6.45, 7) is 4.22. The van der Waals surface area contributed by atoms with Crippen molar-refractivity contribution in [1.82, 2.24) is 4.57 Å². The van der Waals surface area contributed by atoms with Crippen LogP contribution in [0.4, 0.5) is 0 Å². The molecule has 1 rings (SSSR count). The minimum atomic E-state index is -0.418. The van der Waals surface area contributed by atoms with Gasteiger partial charge in [0.2, 0.25) is 0 Å². The minimum absolute atomic E-state index is 0.418. The Balaban J connectivity index is 2.81. The molecule has 0 saturated heterocycles. The average Bonchev–Trinajstić information content (AvgIpc) is 2.48. The Morgan fingerprint density at radius 3 is 3.00 bits per heavy atom. The van der Waals surface area contributed by atoms with Crippen molar-refractivity contribution in [2.45, 2.75) is 26.5 Å². The second-order valence-corrected chi connectivity index (χ2v) is 2.66. The highest BCUT2D eigenvalue weighted by molar-refractivity contribution is 5.11. The molecule has 1 unspecified atom stereocenters. The second kappa shape index (κ2) is 3.99. The molecule has 1 heterocycles. The van der Waals surface area contributed by atoms with Crippen LogP contribution in [0, 0.1) is 11.8 Å². The van der Waals surface area contributed by atoms with Crippen LogP contribution in [0.2, 0.25) is 0 Å². The zero-order valence-electron chi connectivity index (χ0n) is 7.41. The molecular formula is C10H13NO. The first-order valence-electron chi connectivity index (χ1n) is 3.98. The van der Waals surface area contributed by atoms with E-state index < -0.39 is 6.10 Å². The maximum absolute atomic E-state index is 9.32. The standard InChI is InChI=1S/C10H13NO/c1-3-4-7-11-8-5-6-10(11)9(2)12/h5-6,8-9,12H,7H2,1-2H3. The molecule has 1 aromatic heterocycles.